The first-order valence-corrected chi connectivity index (χ1v) is 6.82. The molecule has 0 bridgehead atoms. The molecule has 0 aliphatic heterocycles. The number of hydrogen-bond donors (Lipinski definition) is 1. The van der Waals surface area contributed by atoms with Crippen LogP contribution in [0.4, 0.5) is 0 Å². The Balaban J connectivity index is 2.51. The van der Waals surface area contributed by atoms with E-state index in [0.29, 0.717) is 5.75 Å². The van der Waals surface area contributed by atoms with Gasteiger partial charge in [0.05, 0.1) is 20.0 Å². The molecule has 1 N–H and O–H groups in total. The summed E-state index contributed by atoms with van der Waals surface area (Å²) in [6.07, 6.45) is 0. The van der Waals surface area contributed by atoms with E-state index in [-0.39, 0.29) is 12.0 Å². The van der Waals surface area contributed by atoms with Crippen LogP contribution in [0.25, 0.3) is 0 Å². The molecule has 1 atom stereocenters. The van der Waals surface area contributed by atoms with Crippen LogP contribution in [0.3, 0.4) is 0 Å². The van der Waals surface area contributed by atoms with E-state index in [1.807, 2.05) is 31.3 Å². The standard InChI is InChI=1S/C13H19NO3S/c1-14-12(8-18-9-13(15)17-3)10-4-6-11(16-2)7-5-10/h4-7,12,14H,8-9H2,1-3H3. The van der Waals surface area contributed by atoms with Crippen molar-refractivity contribution < 1.29 is 14.3 Å². The monoisotopic (exact) mass is 269 g/mol. The number of benzene rings is 1. The Kier molecular flexibility index (Phi) is 6.60. The highest BCUT2D eigenvalue weighted by atomic mass is 32.2. The summed E-state index contributed by atoms with van der Waals surface area (Å²) in [5.74, 6) is 1.85. The summed E-state index contributed by atoms with van der Waals surface area (Å²) in [5, 5.41) is 3.23. The Hall–Kier alpha value is -1.20. The van der Waals surface area contributed by atoms with Gasteiger partial charge in [-0.2, -0.15) is 0 Å². The van der Waals surface area contributed by atoms with Crippen LogP contribution in [-0.4, -0.2) is 38.7 Å². The molecule has 1 rings (SSSR count). The van der Waals surface area contributed by atoms with E-state index in [4.69, 9.17) is 4.74 Å². The number of esters is 1. The minimum Gasteiger partial charge on any atom is -0.497 e. The van der Waals surface area contributed by atoms with Crippen LogP contribution in [0, 0.1) is 0 Å². The zero-order chi connectivity index (χ0) is 13.4. The van der Waals surface area contributed by atoms with E-state index < -0.39 is 0 Å². The molecule has 0 fully saturated rings. The first-order valence-electron chi connectivity index (χ1n) is 5.67. The van der Waals surface area contributed by atoms with Gasteiger partial charge in [0.25, 0.3) is 0 Å². The first-order chi connectivity index (χ1) is 8.71. The maximum absolute atomic E-state index is 11.0. The molecule has 0 saturated heterocycles. The second kappa shape index (κ2) is 8.00. The maximum atomic E-state index is 11.0. The second-order valence-corrected chi connectivity index (χ2v) is 4.74. The third-order valence-electron chi connectivity index (χ3n) is 2.60. The molecule has 0 aromatic heterocycles. The number of carbonyl (C=O) groups is 1. The molecular formula is C13H19NO3S. The van der Waals surface area contributed by atoms with E-state index in [1.165, 1.54) is 12.7 Å². The highest BCUT2D eigenvalue weighted by Crippen LogP contribution is 2.20. The van der Waals surface area contributed by atoms with Gasteiger partial charge in [-0.1, -0.05) is 12.1 Å². The van der Waals surface area contributed by atoms with E-state index in [9.17, 15) is 4.79 Å². The van der Waals surface area contributed by atoms with Crippen LogP contribution >= 0.6 is 11.8 Å². The zero-order valence-electron chi connectivity index (χ0n) is 10.9. The predicted molar refractivity (Wildman–Crippen MR) is 74.1 cm³/mol. The number of carbonyl (C=O) groups excluding carboxylic acids is 1. The van der Waals surface area contributed by atoms with E-state index in [2.05, 4.69) is 10.1 Å². The Morgan fingerprint density at radius 1 is 1.33 bits per heavy atom. The molecular weight excluding hydrogens is 250 g/mol. The van der Waals surface area contributed by atoms with Gasteiger partial charge in [-0.15, -0.1) is 11.8 Å². The molecule has 4 nitrogen and oxygen atoms in total. The van der Waals surface area contributed by atoms with Crippen molar-refractivity contribution in [3.05, 3.63) is 29.8 Å². The molecule has 100 valence electrons. The van der Waals surface area contributed by atoms with Crippen molar-refractivity contribution in [3.8, 4) is 5.75 Å². The molecule has 0 saturated carbocycles. The van der Waals surface area contributed by atoms with Crippen LogP contribution in [0.5, 0.6) is 5.75 Å². The van der Waals surface area contributed by atoms with Gasteiger partial charge >= 0.3 is 5.97 Å². The highest BCUT2D eigenvalue weighted by Gasteiger charge is 2.10. The molecule has 1 aromatic carbocycles. The molecule has 5 heteroatoms. The van der Waals surface area contributed by atoms with Gasteiger partial charge in [0.2, 0.25) is 0 Å². The van der Waals surface area contributed by atoms with Crippen molar-refractivity contribution in [1.82, 2.24) is 5.32 Å². The smallest absolute Gasteiger partial charge is 0.315 e. The number of methoxy groups -OCH3 is 2. The van der Waals surface area contributed by atoms with Gasteiger partial charge < -0.3 is 14.8 Å². The third-order valence-corrected chi connectivity index (χ3v) is 3.61. The molecule has 1 aromatic rings. The summed E-state index contributed by atoms with van der Waals surface area (Å²) in [4.78, 5) is 11.0. The molecule has 0 aliphatic rings. The minimum atomic E-state index is -0.190. The maximum Gasteiger partial charge on any atom is 0.315 e. The number of hydrogen-bond acceptors (Lipinski definition) is 5. The fourth-order valence-corrected chi connectivity index (χ4v) is 2.50. The van der Waals surface area contributed by atoms with Crippen molar-refractivity contribution >= 4 is 17.7 Å². The number of rotatable bonds is 7. The third kappa shape index (κ3) is 4.58. The summed E-state index contributed by atoms with van der Waals surface area (Å²) in [6, 6.07) is 8.14. The lowest BCUT2D eigenvalue weighted by Crippen LogP contribution is -2.19. The van der Waals surface area contributed by atoms with E-state index in [1.54, 1.807) is 18.9 Å². The van der Waals surface area contributed by atoms with Crippen LogP contribution in [0.2, 0.25) is 0 Å². The predicted octanol–water partition coefficient (Wildman–Crippen LogP) is 1.86. The highest BCUT2D eigenvalue weighted by molar-refractivity contribution is 7.99. The average Bonchev–Trinajstić information content (AvgIpc) is 2.43. The number of thioether (sulfide) groups is 1. The lowest BCUT2D eigenvalue weighted by Gasteiger charge is -2.16. The Morgan fingerprint density at radius 2 is 2.00 bits per heavy atom. The fraction of sp³-hybridized carbons (Fsp3) is 0.462. The second-order valence-electron chi connectivity index (χ2n) is 3.71. The van der Waals surface area contributed by atoms with Gasteiger partial charge in [0.1, 0.15) is 5.75 Å². The number of nitrogens with one attached hydrogen (secondary N) is 1. The Morgan fingerprint density at radius 3 is 2.50 bits per heavy atom. The molecule has 0 radical (unpaired) electrons. The van der Waals surface area contributed by atoms with Crippen molar-refractivity contribution in [2.45, 2.75) is 6.04 Å². The van der Waals surface area contributed by atoms with Gasteiger partial charge in [-0.05, 0) is 24.7 Å². The molecule has 0 aliphatic carbocycles. The van der Waals surface area contributed by atoms with Crippen molar-refractivity contribution in [2.24, 2.45) is 0 Å². The topological polar surface area (TPSA) is 47.6 Å². The zero-order valence-corrected chi connectivity index (χ0v) is 11.8. The van der Waals surface area contributed by atoms with E-state index in [0.717, 1.165) is 11.5 Å². The normalized spacial score (nSPS) is 11.9. The van der Waals surface area contributed by atoms with Crippen LogP contribution in [0.15, 0.2) is 24.3 Å². The average molecular weight is 269 g/mol. The summed E-state index contributed by atoms with van der Waals surface area (Å²) in [6.45, 7) is 0. The Labute approximate surface area is 112 Å². The van der Waals surface area contributed by atoms with E-state index >= 15 is 0 Å². The van der Waals surface area contributed by atoms with Gasteiger partial charge in [0.15, 0.2) is 0 Å². The molecule has 0 amide bonds. The van der Waals surface area contributed by atoms with Gasteiger partial charge in [-0.3, -0.25) is 4.79 Å². The SMILES string of the molecule is CNC(CSCC(=O)OC)c1ccc(OC)cc1. The van der Waals surface area contributed by atoms with Crippen LogP contribution in [-0.2, 0) is 9.53 Å². The van der Waals surface area contributed by atoms with Crippen molar-refractivity contribution in [3.63, 3.8) is 0 Å². The minimum absolute atomic E-state index is 0.190. The molecule has 0 spiro atoms. The summed E-state index contributed by atoms with van der Waals surface area (Å²) < 4.78 is 9.73. The van der Waals surface area contributed by atoms with Gasteiger partial charge in [-0.25, -0.2) is 0 Å². The molecule has 18 heavy (non-hydrogen) atoms. The fourth-order valence-electron chi connectivity index (χ4n) is 1.50. The summed E-state index contributed by atoms with van der Waals surface area (Å²) in [7, 11) is 4.96. The lowest BCUT2D eigenvalue weighted by atomic mass is 10.1. The molecule has 0 heterocycles. The largest absolute Gasteiger partial charge is 0.497 e. The van der Waals surface area contributed by atoms with Crippen LogP contribution < -0.4 is 10.1 Å². The van der Waals surface area contributed by atoms with Crippen molar-refractivity contribution in [2.75, 3.05) is 32.8 Å². The summed E-state index contributed by atoms with van der Waals surface area (Å²) >= 11 is 1.56. The quantitative estimate of drug-likeness (QED) is 0.766. The van der Waals surface area contributed by atoms with Crippen LogP contribution in [0.1, 0.15) is 11.6 Å². The summed E-state index contributed by atoms with van der Waals surface area (Å²) in [5.41, 5.74) is 1.18. The number of ether oxygens (including phenoxy) is 2. The first kappa shape index (κ1) is 14.9. The lowest BCUT2D eigenvalue weighted by molar-refractivity contribution is -0.137. The van der Waals surface area contributed by atoms with Gasteiger partial charge in [0, 0.05) is 11.8 Å². The Bertz CT molecular complexity index is 367. The van der Waals surface area contributed by atoms with Crippen molar-refractivity contribution in [1.29, 1.82) is 0 Å². The molecule has 1 unspecified atom stereocenters.